The molecular formula is C19H19N3O. The van der Waals surface area contributed by atoms with Crippen molar-refractivity contribution in [2.45, 2.75) is 0 Å². The van der Waals surface area contributed by atoms with E-state index in [1.807, 2.05) is 47.4 Å². The Hall–Kier alpha value is -2.64. The molecular weight excluding hydrogens is 286 g/mol. The third-order valence-corrected chi connectivity index (χ3v) is 4.29. The summed E-state index contributed by atoms with van der Waals surface area (Å²) in [4.78, 5) is 17.0. The molecule has 1 amide bonds. The van der Waals surface area contributed by atoms with Crippen LogP contribution in [0.1, 0.15) is 15.9 Å². The predicted octanol–water partition coefficient (Wildman–Crippen LogP) is 2.61. The van der Waals surface area contributed by atoms with Crippen molar-refractivity contribution in [1.82, 2.24) is 9.80 Å². The Labute approximate surface area is 136 Å². The summed E-state index contributed by atoms with van der Waals surface area (Å²) in [5, 5.41) is 9.34. The molecule has 1 heterocycles. The molecule has 1 saturated heterocycles. The highest BCUT2D eigenvalue weighted by Crippen LogP contribution is 2.27. The van der Waals surface area contributed by atoms with Gasteiger partial charge in [-0.15, -0.1) is 0 Å². The molecule has 4 heteroatoms. The van der Waals surface area contributed by atoms with E-state index in [-0.39, 0.29) is 5.91 Å². The molecule has 0 atom stereocenters. The lowest BCUT2D eigenvalue weighted by Gasteiger charge is -2.32. The molecule has 1 aliphatic rings. The summed E-state index contributed by atoms with van der Waals surface area (Å²) in [6.45, 7) is 3.26. The summed E-state index contributed by atoms with van der Waals surface area (Å²) in [6.07, 6.45) is 0. The van der Waals surface area contributed by atoms with Crippen molar-refractivity contribution in [2.24, 2.45) is 0 Å². The standard InChI is InChI=1S/C19H19N3O/c1-21-10-12-22(13-11-21)19(23)18-9-5-4-8-17(18)16-7-3-2-6-15(16)14-20/h2-9H,10-13H2,1H3. The Morgan fingerprint density at radius 1 is 0.957 bits per heavy atom. The van der Waals surface area contributed by atoms with Crippen molar-refractivity contribution >= 4 is 5.91 Å². The highest BCUT2D eigenvalue weighted by atomic mass is 16.2. The Kier molecular flexibility index (Phi) is 4.40. The zero-order chi connectivity index (χ0) is 16.2. The molecule has 4 nitrogen and oxygen atoms in total. The van der Waals surface area contributed by atoms with Gasteiger partial charge in [0, 0.05) is 37.3 Å². The van der Waals surface area contributed by atoms with Gasteiger partial charge in [0.2, 0.25) is 0 Å². The number of amides is 1. The van der Waals surface area contributed by atoms with E-state index >= 15 is 0 Å². The molecule has 0 bridgehead atoms. The first-order valence-electron chi connectivity index (χ1n) is 7.77. The van der Waals surface area contributed by atoms with Crippen molar-refractivity contribution in [1.29, 1.82) is 5.26 Å². The fourth-order valence-corrected chi connectivity index (χ4v) is 2.90. The van der Waals surface area contributed by atoms with Crippen LogP contribution in [-0.4, -0.2) is 48.9 Å². The van der Waals surface area contributed by atoms with Crippen LogP contribution in [0.3, 0.4) is 0 Å². The van der Waals surface area contributed by atoms with Crippen LogP contribution in [0.25, 0.3) is 11.1 Å². The van der Waals surface area contributed by atoms with Gasteiger partial charge >= 0.3 is 0 Å². The Balaban J connectivity index is 1.98. The van der Waals surface area contributed by atoms with E-state index < -0.39 is 0 Å². The Bertz CT molecular complexity index is 755. The second-order valence-electron chi connectivity index (χ2n) is 5.80. The van der Waals surface area contributed by atoms with Gasteiger partial charge in [-0.1, -0.05) is 36.4 Å². The monoisotopic (exact) mass is 305 g/mol. The van der Waals surface area contributed by atoms with Crippen LogP contribution in [0.15, 0.2) is 48.5 Å². The summed E-state index contributed by atoms with van der Waals surface area (Å²) < 4.78 is 0. The molecule has 1 fully saturated rings. The largest absolute Gasteiger partial charge is 0.336 e. The quantitative estimate of drug-likeness (QED) is 0.857. The van der Waals surface area contributed by atoms with Gasteiger partial charge in [-0.25, -0.2) is 0 Å². The van der Waals surface area contributed by atoms with Gasteiger partial charge in [0.05, 0.1) is 11.6 Å². The lowest BCUT2D eigenvalue weighted by molar-refractivity contribution is 0.0665. The van der Waals surface area contributed by atoms with Gasteiger partial charge in [0.1, 0.15) is 0 Å². The third kappa shape index (κ3) is 3.10. The first-order valence-corrected chi connectivity index (χ1v) is 7.77. The van der Waals surface area contributed by atoms with E-state index in [9.17, 15) is 10.1 Å². The first-order chi connectivity index (χ1) is 11.2. The van der Waals surface area contributed by atoms with Crippen molar-refractivity contribution < 1.29 is 4.79 Å². The van der Waals surface area contributed by atoms with Crippen molar-refractivity contribution in [3.05, 3.63) is 59.7 Å². The maximum atomic E-state index is 12.9. The number of likely N-dealkylation sites (N-methyl/N-ethyl adjacent to an activating group) is 1. The fraction of sp³-hybridized carbons (Fsp3) is 0.263. The van der Waals surface area contributed by atoms with Gasteiger partial charge in [0.25, 0.3) is 5.91 Å². The minimum Gasteiger partial charge on any atom is -0.336 e. The van der Waals surface area contributed by atoms with Crippen LogP contribution in [-0.2, 0) is 0 Å². The Morgan fingerprint density at radius 2 is 1.57 bits per heavy atom. The molecule has 0 radical (unpaired) electrons. The highest BCUT2D eigenvalue weighted by Gasteiger charge is 2.23. The maximum absolute atomic E-state index is 12.9. The maximum Gasteiger partial charge on any atom is 0.254 e. The number of carbonyl (C=O) groups excluding carboxylic acids is 1. The Morgan fingerprint density at radius 3 is 2.26 bits per heavy atom. The highest BCUT2D eigenvalue weighted by molar-refractivity contribution is 6.01. The summed E-state index contributed by atoms with van der Waals surface area (Å²) in [5.74, 6) is 0.0430. The van der Waals surface area contributed by atoms with Gasteiger partial charge < -0.3 is 9.80 Å². The fourth-order valence-electron chi connectivity index (χ4n) is 2.90. The minimum absolute atomic E-state index is 0.0430. The second-order valence-corrected chi connectivity index (χ2v) is 5.80. The molecule has 0 spiro atoms. The molecule has 0 saturated carbocycles. The van der Waals surface area contributed by atoms with E-state index in [4.69, 9.17) is 0 Å². The average Bonchev–Trinajstić information content (AvgIpc) is 2.62. The molecule has 2 aromatic carbocycles. The first kappa shape index (κ1) is 15.3. The number of benzene rings is 2. The smallest absolute Gasteiger partial charge is 0.254 e. The van der Waals surface area contributed by atoms with Crippen molar-refractivity contribution in [3.8, 4) is 17.2 Å². The number of hydrogen-bond acceptors (Lipinski definition) is 3. The number of hydrogen-bond donors (Lipinski definition) is 0. The van der Waals surface area contributed by atoms with Crippen LogP contribution in [0.5, 0.6) is 0 Å². The summed E-state index contributed by atoms with van der Waals surface area (Å²) in [6, 6.07) is 17.2. The lowest BCUT2D eigenvalue weighted by Crippen LogP contribution is -2.47. The molecule has 0 N–H and O–H groups in total. The van der Waals surface area contributed by atoms with E-state index in [1.54, 1.807) is 6.07 Å². The van der Waals surface area contributed by atoms with Gasteiger partial charge in [-0.05, 0) is 24.7 Å². The number of nitriles is 1. The second kappa shape index (κ2) is 6.64. The number of carbonyl (C=O) groups is 1. The summed E-state index contributed by atoms with van der Waals surface area (Å²) in [7, 11) is 2.07. The number of nitrogens with zero attached hydrogens (tertiary/aromatic N) is 3. The van der Waals surface area contributed by atoms with Crippen molar-refractivity contribution in [3.63, 3.8) is 0 Å². The van der Waals surface area contributed by atoms with Gasteiger partial charge in [-0.3, -0.25) is 4.79 Å². The van der Waals surface area contributed by atoms with E-state index in [0.717, 1.165) is 37.3 Å². The molecule has 1 aliphatic heterocycles. The lowest BCUT2D eigenvalue weighted by atomic mass is 9.95. The summed E-state index contributed by atoms with van der Waals surface area (Å²) in [5.41, 5.74) is 2.90. The molecule has 2 aromatic rings. The minimum atomic E-state index is 0.0430. The average molecular weight is 305 g/mol. The van der Waals surface area contributed by atoms with E-state index in [2.05, 4.69) is 18.0 Å². The number of piperazine rings is 1. The van der Waals surface area contributed by atoms with Gasteiger partial charge in [0.15, 0.2) is 0 Å². The normalized spacial score (nSPS) is 15.2. The molecule has 116 valence electrons. The van der Waals surface area contributed by atoms with Crippen molar-refractivity contribution in [2.75, 3.05) is 33.2 Å². The van der Waals surface area contributed by atoms with Crippen LogP contribution < -0.4 is 0 Å². The topological polar surface area (TPSA) is 47.3 Å². The summed E-state index contributed by atoms with van der Waals surface area (Å²) >= 11 is 0. The molecule has 0 aliphatic carbocycles. The van der Waals surface area contributed by atoms with E-state index in [0.29, 0.717) is 11.1 Å². The van der Waals surface area contributed by atoms with Gasteiger partial charge in [-0.2, -0.15) is 5.26 Å². The molecule has 23 heavy (non-hydrogen) atoms. The molecule has 0 aromatic heterocycles. The van der Waals surface area contributed by atoms with Crippen LogP contribution in [0.4, 0.5) is 0 Å². The van der Waals surface area contributed by atoms with E-state index in [1.165, 1.54) is 0 Å². The third-order valence-electron chi connectivity index (χ3n) is 4.29. The zero-order valence-corrected chi connectivity index (χ0v) is 13.2. The molecule has 0 unspecified atom stereocenters. The predicted molar refractivity (Wildman–Crippen MR) is 90.0 cm³/mol. The number of rotatable bonds is 2. The SMILES string of the molecule is CN1CCN(C(=O)c2ccccc2-c2ccccc2C#N)CC1. The van der Waals surface area contributed by atoms with Crippen LogP contribution in [0, 0.1) is 11.3 Å². The van der Waals surface area contributed by atoms with Crippen LogP contribution >= 0.6 is 0 Å². The zero-order valence-electron chi connectivity index (χ0n) is 13.2. The molecule has 3 rings (SSSR count). The van der Waals surface area contributed by atoms with Crippen LogP contribution in [0.2, 0.25) is 0 Å².